The number of benzene rings is 4. The largest absolute Gasteiger partial charge is 0.378 e. The fraction of sp³-hybridized carbons (Fsp3) is 0.348. The highest BCUT2D eigenvalue weighted by Gasteiger charge is 2.40. The summed E-state index contributed by atoms with van der Waals surface area (Å²) < 4.78 is 0. The van der Waals surface area contributed by atoms with Crippen LogP contribution in [0, 0.1) is 0 Å². The van der Waals surface area contributed by atoms with E-state index in [0.717, 1.165) is 54.1 Å². The minimum absolute atomic E-state index is 0.164. The third-order valence-corrected chi connectivity index (χ3v) is 17.8. The highest BCUT2D eigenvalue weighted by molar-refractivity contribution is 7.03. The molecule has 0 aliphatic carbocycles. The van der Waals surface area contributed by atoms with E-state index >= 15 is 0 Å². The van der Waals surface area contributed by atoms with Crippen LogP contribution in [0.2, 0.25) is 26.2 Å². The summed E-state index contributed by atoms with van der Waals surface area (Å²) in [6.07, 6.45) is 5.58. The zero-order chi connectivity index (χ0) is 40.8. The number of hydrogen-bond donors (Lipinski definition) is 1. The molecule has 0 bridgehead atoms. The van der Waals surface area contributed by atoms with E-state index in [4.69, 9.17) is 10.7 Å². The van der Waals surface area contributed by atoms with Crippen molar-refractivity contribution in [2.75, 3.05) is 89.1 Å². The normalized spacial score (nSPS) is 13.9. The first-order valence-electron chi connectivity index (χ1n) is 19.2. The number of fused-ring (bicyclic) bond motifs is 4. The van der Waals surface area contributed by atoms with Crippen LogP contribution in [-0.2, 0) is 0 Å². The highest BCUT2D eigenvalue weighted by atomic mass is 28.3. The van der Waals surface area contributed by atoms with E-state index in [2.05, 4.69) is 136 Å². The zero-order valence-corrected chi connectivity index (χ0v) is 37.5. The van der Waals surface area contributed by atoms with Gasteiger partial charge in [-0.25, -0.2) is 0 Å². The lowest BCUT2D eigenvalue weighted by molar-refractivity contribution is 0.104. The van der Waals surface area contributed by atoms with E-state index in [0.29, 0.717) is 0 Å². The minimum atomic E-state index is -1.90. The molecule has 7 nitrogen and oxygen atoms in total. The Morgan fingerprint density at radius 1 is 0.545 bits per heavy atom. The first kappa shape index (κ1) is 43.0. The van der Waals surface area contributed by atoms with Gasteiger partial charge in [0.15, 0.2) is 5.78 Å². The van der Waals surface area contributed by atoms with Gasteiger partial charge < -0.3 is 25.3 Å². The third kappa shape index (κ3) is 9.06. The summed E-state index contributed by atoms with van der Waals surface area (Å²) >= 11 is 0. The molecule has 0 saturated carbocycles. The van der Waals surface area contributed by atoms with Crippen LogP contribution in [0.4, 0.5) is 22.7 Å². The van der Waals surface area contributed by atoms with Crippen molar-refractivity contribution in [2.24, 2.45) is 10.7 Å². The molecule has 4 aromatic carbocycles. The standard InChI is InChI=1S/C23H31N3Si.C19H24N2OSi.C4H9N/c1-8-9-14-24-23-19-12-10-17(25(2)3)15-21(19)27(6,7)22-16-18(26(4)5)11-13-20(22)23;1-20(2)13-7-9-15-17(11-13)23(5,6)18-12-14(21(3)4)8-10-16(18)19(15)22;1-2-3-4-5/h8,10-13,15-16H,1,9,14H2,2-7H3;7-12H,1-6H3;2H,1,3-5H2. The average molecular weight is 773 g/mol. The van der Waals surface area contributed by atoms with Crippen LogP contribution < -0.4 is 46.1 Å². The molecular weight excluding hydrogens is 709 g/mol. The minimum Gasteiger partial charge on any atom is -0.378 e. The maximum Gasteiger partial charge on any atom is 0.192 e. The molecule has 4 aromatic rings. The maximum atomic E-state index is 13.0. The van der Waals surface area contributed by atoms with Crippen molar-refractivity contribution in [1.29, 1.82) is 0 Å². The summed E-state index contributed by atoms with van der Waals surface area (Å²) in [5.74, 6) is 0.164. The Morgan fingerprint density at radius 3 is 1.13 bits per heavy atom. The Morgan fingerprint density at radius 2 is 0.855 bits per heavy atom. The molecule has 292 valence electrons. The molecule has 0 unspecified atom stereocenters. The van der Waals surface area contributed by atoms with Crippen LogP contribution in [0.3, 0.4) is 0 Å². The van der Waals surface area contributed by atoms with Crippen LogP contribution in [0.1, 0.15) is 39.9 Å². The van der Waals surface area contributed by atoms with Gasteiger partial charge in [0.1, 0.15) is 16.1 Å². The Kier molecular flexibility index (Phi) is 14.0. The van der Waals surface area contributed by atoms with Gasteiger partial charge >= 0.3 is 0 Å². The van der Waals surface area contributed by atoms with Crippen molar-refractivity contribution in [3.63, 3.8) is 0 Å². The van der Waals surface area contributed by atoms with E-state index in [9.17, 15) is 4.79 Å². The maximum absolute atomic E-state index is 13.0. The number of carbonyl (C=O) groups excluding carboxylic acids is 1. The van der Waals surface area contributed by atoms with Crippen molar-refractivity contribution in [3.05, 3.63) is 120 Å². The summed E-state index contributed by atoms with van der Waals surface area (Å²) in [6, 6.07) is 26.3. The molecule has 0 atom stereocenters. The monoisotopic (exact) mass is 772 g/mol. The zero-order valence-electron chi connectivity index (χ0n) is 35.5. The lowest BCUT2D eigenvalue weighted by Crippen LogP contribution is -2.60. The molecule has 2 N–H and O–H groups in total. The first-order chi connectivity index (χ1) is 25.9. The van der Waals surface area contributed by atoms with Gasteiger partial charge in [0.2, 0.25) is 0 Å². The SMILES string of the molecule is C=CCCN.C=CCCN=C1c2ccc(N(C)C)cc2[Si](C)(C)c2cc(N(C)C)ccc21.CN(C)c1ccc2c(c1)[Si](C)(C)c1cc(N(C)C)ccc1C2=O. The predicted octanol–water partition coefficient (Wildman–Crippen LogP) is 6.07. The summed E-state index contributed by atoms with van der Waals surface area (Å²) in [6.45, 7) is 18.4. The van der Waals surface area contributed by atoms with Crippen LogP contribution in [0.15, 0.2) is 103 Å². The number of rotatable bonds is 9. The van der Waals surface area contributed by atoms with E-state index in [1.165, 1.54) is 43.2 Å². The van der Waals surface area contributed by atoms with Crippen LogP contribution >= 0.6 is 0 Å². The second-order valence-electron chi connectivity index (χ2n) is 16.3. The van der Waals surface area contributed by atoms with E-state index < -0.39 is 16.1 Å². The van der Waals surface area contributed by atoms with Crippen LogP contribution in [0.25, 0.3) is 0 Å². The van der Waals surface area contributed by atoms with Gasteiger partial charge in [0, 0.05) is 108 Å². The highest BCUT2D eigenvalue weighted by Crippen LogP contribution is 2.27. The van der Waals surface area contributed by atoms with Crippen molar-refractivity contribution in [3.8, 4) is 0 Å². The fourth-order valence-corrected chi connectivity index (χ4v) is 13.4. The average Bonchev–Trinajstić information content (AvgIpc) is 3.15. The molecule has 0 amide bonds. The van der Waals surface area contributed by atoms with Crippen LogP contribution in [-0.4, -0.2) is 97.1 Å². The number of carbonyl (C=O) groups is 1. The third-order valence-electron chi connectivity index (χ3n) is 10.7. The number of hydrogen-bond acceptors (Lipinski definition) is 7. The number of nitrogens with two attached hydrogens (primary N) is 1. The van der Waals surface area contributed by atoms with Crippen molar-refractivity contribution < 1.29 is 4.79 Å². The molecular formula is C46H64N6OSi2. The fourth-order valence-electron chi connectivity index (χ4n) is 7.26. The molecule has 2 aliphatic rings. The topological polar surface area (TPSA) is 68.4 Å². The van der Waals surface area contributed by atoms with E-state index in [1.807, 2.05) is 58.5 Å². The van der Waals surface area contributed by atoms with Gasteiger partial charge in [-0.05, 0) is 101 Å². The Labute approximate surface area is 333 Å². The Balaban J connectivity index is 0.000000220. The number of anilines is 4. The number of nitrogens with zero attached hydrogens (tertiary/aromatic N) is 5. The molecule has 55 heavy (non-hydrogen) atoms. The van der Waals surface area contributed by atoms with Crippen molar-refractivity contribution in [1.82, 2.24) is 0 Å². The molecule has 2 heterocycles. The molecule has 6 rings (SSSR count). The Hall–Kier alpha value is -4.71. The summed E-state index contributed by atoms with van der Waals surface area (Å²) in [5, 5.41) is 5.46. The van der Waals surface area contributed by atoms with Gasteiger partial charge in [-0.15, -0.1) is 13.2 Å². The van der Waals surface area contributed by atoms with Crippen LogP contribution in [0.5, 0.6) is 0 Å². The Bertz CT molecular complexity index is 1930. The van der Waals surface area contributed by atoms with Gasteiger partial charge in [0.25, 0.3) is 0 Å². The smallest absolute Gasteiger partial charge is 0.192 e. The molecule has 0 aromatic heterocycles. The summed E-state index contributed by atoms with van der Waals surface area (Å²) in [7, 11) is 12.9. The molecule has 9 heteroatoms. The molecule has 0 fully saturated rings. The summed E-state index contributed by atoms with van der Waals surface area (Å²) in [5.41, 5.74) is 15.4. The van der Waals surface area contributed by atoms with E-state index in [-0.39, 0.29) is 5.78 Å². The molecule has 2 aliphatic heterocycles. The second kappa shape index (κ2) is 17.8. The van der Waals surface area contributed by atoms with Gasteiger partial charge in [0.05, 0.1) is 5.71 Å². The number of aliphatic imine (C=N–C) groups is 1. The lowest BCUT2D eigenvalue weighted by atomic mass is 10.00. The number of ketones is 1. The molecule has 0 spiro atoms. The predicted molar refractivity (Wildman–Crippen MR) is 249 cm³/mol. The van der Waals surface area contributed by atoms with Crippen molar-refractivity contribution >= 4 is 71.1 Å². The quantitative estimate of drug-likeness (QED) is 0.127. The van der Waals surface area contributed by atoms with E-state index in [1.54, 1.807) is 6.08 Å². The van der Waals surface area contributed by atoms with Gasteiger partial charge in [-0.1, -0.05) is 50.5 Å². The molecule has 0 saturated heterocycles. The van der Waals surface area contributed by atoms with Gasteiger partial charge in [-0.3, -0.25) is 9.79 Å². The molecule has 0 radical (unpaired) electrons. The van der Waals surface area contributed by atoms with Crippen molar-refractivity contribution in [2.45, 2.75) is 39.0 Å². The van der Waals surface area contributed by atoms with Gasteiger partial charge in [-0.2, -0.15) is 0 Å². The first-order valence-corrected chi connectivity index (χ1v) is 25.2. The lowest BCUT2D eigenvalue weighted by Gasteiger charge is -2.36. The summed E-state index contributed by atoms with van der Waals surface area (Å²) in [4.78, 5) is 26.5. The second-order valence-corrected chi connectivity index (χ2v) is 24.9.